The molecule has 1 aliphatic carbocycles. The third kappa shape index (κ3) is 3.02. The SMILES string of the molecule is CC(=O)OC(C)(C#N)C1(c2ccc(F)cn2)CCOC2(CCCC2)C1. The Balaban J connectivity index is 2.12. The second-order valence-electron chi connectivity index (χ2n) is 7.35. The molecule has 0 aromatic carbocycles. The molecule has 5 nitrogen and oxygen atoms in total. The summed E-state index contributed by atoms with van der Waals surface area (Å²) in [5.74, 6) is -0.954. The van der Waals surface area contributed by atoms with Crippen molar-refractivity contribution in [1.29, 1.82) is 5.26 Å². The number of ether oxygens (including phenoxy) is 2. The van der Waals surface area contributed by atoms with Crippen molar-refractivity contribution in [3.63, 3.8) is 0 Å². The molecular weight excluding hydrogens is 323 g/mol. The summed E-state index contributed by atoms with van der Waals surface area (Å²) in [7, 11) is 0. The zero-order valence-corrected chi connectivity index (χ0v) is 14.7. The van der Waals surface area contributed by atoms with Crippen LogP contribution in [-0.4, -0.2) is 28.8 Å². The quantitative estimate of drug-likeness (QED) is 0.784. The summed E-state index contributed by atoms with van der Waals surface area (Å²) in [6.07, 6.45) is 6.16. The van der Waals surface area contributed by atoms with Crippen LogP contribution in [0.5, 0.6) is 0 Å². The molecule has 1 saturated carbocycles. The van der Waals surface area contributed by atoms with Crippen LogP contribution in [0.3, 0.4) is 0 Å². The van der Waals surface area contributed by atoms with Gasteiger partial charge < -0.3 is 9.47 Å². The van der Waals surface area contributed by atoms with Crippen LogP contribution in [0.4, 0.5) is 4.39 Å². The van der Waals surface area contributed by atoms with Crippen LogP contribution in [0, 0.1) is 17.1 Å². The lowest BCUT2D eigenvalue weighted by atomic mass is 9.61. The smallest absolute Gasteiger partial charge is 0.304 e. The molecule has 6 heteroatoms. The first-order chi connectivity index (χ1) is 11.8. The number of aromatic nitrogens is 1. The Morgan fingerprint density at radius 2 is 2.12 bits per heavy atom. The van der Waals surface area contributed by atoms with Crippen molar-refractivity contribution in [2.45, 2.75) is 69.0 Å². The van der Waals surface area contributed by atoms with Gasteiger partial charge in [-0.15, -0.1) is 0 Å². The first-order valence-corrected chi connectivity index (χ1v) is 8.72. The maximum Gasteiger partial charge on any atom is 0.304 e. The van der Waals surface area contributed by atoms with Crippen LogP contribution < -0.4 is 0 Å². The third-order valence-electron chi connectivity index (χ3n) is 5.77. The largest absolute Gasteiger partial charge is 0.443 e. The standard InChI is InChI=1S/C19H23FN2O3/c1-14(23)25-17(2,13-21)19(16-6-5-15(20)11-22-16)9-10-24-18(12-19)7-3-4-8-18/h5-6,11H,3-4,7-10,12H2,1-2H3. The number of hydrogen-bond acceptors (Lipinski definition) is 5. The number of carbonyl (C=O) groups is 1. The zero-order chi connectivity index (χ0) is 18.1. The van der Waals surface area contributed by atoms with Gasteiger partial charge in [0.1, 0.15) is 11.9 Å². The fraction of sp³-hybridized carbons (Fsp3) is 0.632. The maximum absolute atomic E-state index is 13.4. The number of nitrogens with zero attached hydrogens (tertiary/aromatic N) is 2. The van der Waals surface area contributed by atoms with Gasteiger partial charge in [-0.05, 0) is 44.7 Å². The highest BCUT2D eigenvalue weighted by Crippen LogP contribution is 2.53. The Morgan fingerprint density at radius 1 is 1.40 bits per heavy atom. The van der Waals surface area contributed by atoms with Gasteiger partial charge in [0.25, 0.3) is 0 Å². The summed E-state index contributed by atoms with van der Waals surface area (Å²) in [6.45, 7) is 3.39. The van der Waals surface area contributed by atoms with E-state index in [4.69, 9.17) is 9.47 Å². The second kappa shape index (κ2) is 6.38. The minimum Gasteiger partial charge on any atom is -0.443 e. The molecule has 2 aliphatic rings. The van der Waals surface area contributed by atoms with Gasteiger partial charge in [-0.1, -0.05) is 12.8 Å². The van der Waals surface area contributed by atoms with Crippen molar-refractivity contribution < 1.29 is 18.7 Å². The van der Waals surface area contributed by atoms with Gasteiger partial charge in [-0.2, -0.15) is 5.26 Å². The predicted molar refractivity (Wildman–Crippen MR) is 88.0 cm³/mol. The van der Waals surface area contributed by atoms with E-state index in [-0.39, 0.29) is 5.60 Å². The van der Waals surface area contributed by atoms with Crippen molar-refractivity contribution in [1.82, 2.24) is 4.98 Å². The monoisotopic (exact) mass is 346 g/mol. The number of nitriles is 1. The highest BCUT2D eigenvalue weighted by Gasteiger charge is 2.60. The first-order valence-electron chi connectivity index (χ1n) is 8.72. The van der Waals surface area contributed by atoms with E-state index in [1.54, 1.807) is 13.0 Å². The van der Waals surface area contributed by atoms with Gasteiger partial charge in [0.05, 0.1) is 22.9 Å². The van der Waals surface area contributed by atoms with E-state index in [2.05, 4.69) is 11.1 Å². The van der Waals surface area contributed by atoms with Crippen LogP contribution in [-0.2, 0) is 19.7 Å². The Morgan fingerprint density at radius 3 is 2.68 bits per heavy atom. The number of carbonyl (C=O) groups excluding carboxylic acids is 1. The van der Waals surface area contributed by atoms with Crippen LogP contribution in [0.2, 0.25) is 0 Å². The van der Waals surface area contributed by atoms with E-state index >= 15 is 0 Å². The molecule has 25 heavy (non-hydrogen) atoms. The average molecular weight is 346 g/mol. The minimum atomic E-state index is -1.40. The topological polar surface area (TPSA) is 72.2 Å². The van der Waals surface area contributed by atoms with Crippen LogP contribution in [0.1, 0.15) is 58.1 Å². The molecule has 0 N–H and O–H groups in total. The molecule has 1 aromatic heterocycles. The van der Waals surface area contributed by atoms with Gasteiger partial charge in [0.2, 0.25) is 5.60 Å². The molecule has 2 unspecified atom stereocenters. The predicted octanol–water partition coefficient (Wildman–Crippen LogP) is 3.43. The highest BCUT2D eigenvalue weighted by molar-refractivity contribution is 5.67. The Bertz CT molecular complexity index is 694. The maximum atomic E-state index is 13.4. The lowest BCUT2D eigenvalue weighted by molar-refractivity contribution is -0.174. The van der Waals surface area contributed by atoms with Crippen molar-refractivity contribution in [2.75, 3.05) is 6.61 Å². The summed E-state index contributed by atoms with van der Waals surface area (Å²) >= 11 is 0. The number of pyridine rings is 1. The molecule has 1 aromatic rings. The van der Waals surface area contributed by atoms with Crippen LogP contribution in [0.25, 0.3) is 0 Å². The minimum absolute atomic E-state index is 0.327. The average Bonchev–Trinajstić information content (AvgIpc) is 3.02. The Labute approximate surface area is 147 Å². The molecular formula is C19H23FN2O3. The molecule has 1 aliphatic heterocycles. The number of hydrogen-bond donors (Lipinski definition) is 0. The lowest BCUT2D eigenvalue weighted by Crippen LogP contribution is -2.59. The van der Waals surface area contributed by atoms with E-state index in [9.17, 15) is 14.4 Å². The summed E-state index contributed by atoms with van der Waals surface area (Å²) < 4.78 is 25.1. The summed E-state index contributed by atoms with van der Waals surface area (Å²) in [6, 6.07) is 5.15. The van der Waals surface area contributed by atoms with Gasteiger partial charge in [0, 0.05) is 13.5 Å². The van der Waals surface area contributed by atoms with Crippen molar-refractivity contribution in [2.24, 2.45) is 0 Å². The molecule has 134 valence electrons. The van der Waals surface area contributed by atoms with Crippen LogP contribution >= 0.6 is 0 Å². The van der Waals surface area contributed by atoms with E-state index in [1.807, 2.05) is 0 Å². The van der Waals surface area contributed by atoms with Crippen molar-refractivity contribution >= 4 is 5.97 Å². The van der Waals surface area contributed by atoms with Crippen LogP contribution in [0.15, 0.2) is 18.3 Å². The first kappa shape index (κ1) is 17.8. The molecule has 1 spiro atoms. The molecule has 1 saturated heterocycles. The number of esters is 1. The number of halogens is 1. The Kier molecular flexibility index (Phi) is 4.54. The number of rotatable bonds is 3. The molecule has 2 heterocycles. The summed E-state index contributed by atoms with van der Waals surface area (Å²) in [5, 5.41) is 9.93. The third-order valence-corrected chi connectivity index (χ3v) is 5.77. The van der Waals surface area contributed by atoms with E-state index in [1.165, 1.54) is 13.0 Å². The van der Waals surface area contributed by atoms with Gasteiger partial charge in [-0.25, -0.2) is 4.39 Å². The molecule has 3 rings (SSSR count). The van der Waals surface area contributed by atoms with Gasteiger partial charge >= 0.3 is 5.97 Å². The van der Waals surface area contributed by atoms with E-state index in [0.29, 0.717) is 25.1 Å². The fourth-order valence-electron chi connectivity index (χ4n) is 4.52. The molecule has 2 atom stereocenters. The van der Waals surface area contributed by atoms with Gasteiger partial charge in [-0.3, -0.25) is 9.78 Å². The highest BCUT2D eigenvalue weighted by atomic mass is 19.1. The van der Waals surface area contributed by atoms with Gasteiger partial charge in [0.15, 0.2) is 0 Å². The molecule has 2 fully saturated rings. The molecule has 0 amide bonds. The second-order valence-corrected chi connectivity index (χ2v) is 7.35. The summed E-state index contributed by atoms with van der Waals surface area (Å²) in [4.78, 5) is 16.0. The normalized spacial score (nSPS) is 27.4. The summed E-state index contributed by atoms with van der Waals surface area (Å²) in [5.41, 5.74) is -1.98. The molecule has 0 bridgehead atoms. The zero-order valence-electron chi connectivity index (χ0n) is 14.7. The fourth-order valence-corrected chi connectivity index (χ4v) is 4.52. The van der Waals surface area contributed by atoms with E-state index < -0.39 is 22.8 Å². The molecule has 0 radical (unpaired) electrons. The lowest BCUT2D eigenvalue weighted by Gasteiger charge is -2.51. The van der Waals surface area contributed by atoms with Crippen molar-refractivity contribution in [3.8, 4) is 6.07 Å². The van der Waals surface area contributed by atoms with Crippen molar-refractivity contribution in [3.05, 3.63) is 29.8 Å². The Hall–Kier alpha value is -2.00. The van der Waals surface area contributed by atoms with E-state index in [0.717, 1.165) is 31.9 Å².